The lowest BCUT2D eigenvalue weighted by molar-refractivity contribution is 0.120. The normalized spacial score (nSPS) is 21.2. The van der Waals surface area contributed by atoms with Crippen molar-refractivity contribution in [3.8, 4) is 11.6 Å². The zero-order chi connectivity index (χ0) is 23.5. The summed E-state index contributed by atoms with van der Waals surface area (Å²) >= 11 is 0. The number of ether oxygens (including phenoxy) is 2. The van der Waals surface area contributed by atoms with Gasteiger partial charge in [-0.3, -0.25) is 4.68 Å². The van der Waals surface area contributed by atoms with Crippen molar-refractivity contribution in [2.75, 3.05) is 31.2 Å². The van der Waals surface area contributed by atoms with Crippen molar-refractivity contribution in [1.29, 1.82) is 0 Å². The van der Waals surface area contributed by atoms with Crippen molar-refractivity contribution >= 4 is 16.7 Å². The van der Waals surface area contributed by atoms with Gasteiger partial charge in [0.1, 0.15) is 17.7 Å². The number of aromatic hydroxyl groups is 1. The Balaban J connectivity index is 1.40. The molecule has 8 nitrogen and oxygen atoms in total. The second-order valence-electron chi connectivity index (χ2n) is 9.20. The Morgan fingerprint density at radius 3 is 2.65 bits per heavy atom. The van der Waals surface area contributed by atoms with Crippen molar-refractivity contribution < 1.29 is 19.0 Å². The Morgan fingerprint density at radius 2 is 1.94 bits per heavy atom. The number of rotatable bonds is 7. The van der Waals surface area contributed by atoms with E-state index in [1.165, 1.54) is 12.4 Å². The van der Waals surface area contributed by atoms with Gasteiger partial charge in [-0.1, -0.05) is 13.3 Å². The molecule has 34 heavy (non-hydrogen) atoms. The van der Waals surface area contributed by atoms with Crippen LogP contribution in [0.2, 0.25) is 0 Å². The minimum atomic E-state index is -0.306. The van der Waals surface area contributed by atoms with E-state index in [1.807, 2.05) is 6.07 Å². The number of fused-ring (bicyclic) bond motifs is 1. The quantitative estimate of drug-likeness (QED) is 0.548. The van der Waals surface area contributed by atoms with Crippen molar-refractivity contribution in [3.05, 3.63) is 36.0 Å². The van der Waals surface area contributed by atoms with Crippen LogP contribution in [0.5, 0.6) is 11.6 Å². The van der Waals surface area contributed by atoms with Gasteiger partial charge in [0, 0.05) is 19.2 Å². The molecule has 182 valence electrons. The number of hydrogen-bond acceptors (Lipinski definition) is 7. The van der Waals surface area contributed by atoms with Crippen LogP contribution in [0.25, 0.3) is 10.9 Å². The second-order valence-corrected chi connectivity index (χ2v) is 9.20. The predicted molar refractivity (Wildman–Crippen MR) is 127 cm³/mol. The zero-order valence-electron chi connectivity index (χ0n) is 19.6. The first-order chi connectivity index (χ1) is 16.6. The molecule has 1 N–H and O–H groups in total. The molecule has 0 unspecified atom stereocenters. The van der Waals surface area contributed by atoms with Crippen molar-refractivity contribution in [1.82, 2.24) is 19.7 Å². The number of unbranched alkanes of at least 4 members (excludes halogenated alkanes) is 1. The Labute approximate surface area is 198 Å². The highest BCUT2D eigenvalue weighted by molar-refractivity contribution is 5.87. The van der Waals surface area contributed by atoms with Crippen LogP contribution in [0.4, 0.5) is 10.2 Å². The molecule has 9 heteroatoms. The molecule has 2 aliphatic rings. The Bertz CT molecular complexity index is 1120. The SMILES string of the molecule is CCCCc1nc2cc(N3CCOCC3)nc(OC3CCC(n4cc(F)cn4)CC3)c2cc1O. The summed E-state index contributed by atoms with van der Waals surface area (Å²) < 4.78 is 27.0. The summed E-state index contributed by atoms with van der Waals surface area (Å²) in [7, 11) is 0. The first kappa shape index (κ1) is 22.8. The summed E-state index contributed by atoms with van der Waals surface area (Å²) in [5.41, 5.74) is 1.50. The fraction of sp³-hybridized carbons (Fsp3) is 0.560. The summed E-state index contributed by atoms with van der Waals surface area (Å²) in [6, 6.07) is 3.92. The molecule has 0 spiro atoms. The lowest BCUT2D eigenvalue weighted by Crippen LogP contribution is -2.36. The molecule has 1 aliphatic carbocycles. The molecule has 3 aromatic heterocycles. The van der Waals surface area contributed by atoms with E-state index in [1.54, 1.807) is 10.7 Å². The van der Waals surface area contributed by atoms with Crippen molar-refractivity contribution in [2.45, 2.75) is 64.0 Å². The topological polar surface area (TPSA) is 85.5 Å². The average Bonchev–Trinajstić information content (AvgIpc) is 3.30. The van der Waals surface area contributed by atoms with Crippen molar-refractivity contribution in [3.63, 3.8) is 0 Å². The molecule has 3 aromatic rings. The molecule has 0 aromatic carbocycles. The summed E-state index contributed by atoms with van der Waals surface area (Å²) in [5, 5.41) is 15.5. The highest BCUT2D eigenvalue weighted by atomic mass is 19.1. The molecular weight excluding hydrogens is 437 g/mol. The van der Waals surface area contributed by atoms with E-state index in [0.717, 1.165) is 74.8 Å². The van der Waals surface area contributed by atoms with Gasteiger partial charge in [0.05, 0.1) is 48.2 Å². The van der Waals surface area contributed by atoms with Gasteiger partial charge in [0.25, 0.3) is 0 Å². The van der Waals surface area contributed by atoms with E-state index in [9.17, 15) is 9.50 Å². The maximum absolute atomic E-state index is 13.4. The maximum Gasteiger partial charge on any atom is 0.225 e. The van der Waals surface area contributed by atoms with Crippen LogP contribution in [0.1, 0.15) is 57.2 Å². The zero-order valence-corrected chi connectivity index (χ0v) is 19.6. The van der Waals surface area contributed by atoms with Crippen LogP contribution in [-0.4, -0.2) is 57.3 Å². The Kier molecular flexibility index (Phi) is 6.80. The van der Waals surface area contributed by atoms with Crippen LogP contribution in [0, 0.1) is 5.82 Å². The lowest BCUT2D eigenvalue weighted by Gasteiger charge is -2.30. The molecule has 4 heterocycles. The molecule has 1 saturated carbocycles. The summed E-state index contributed by atoms with van der Waals surface area (Å²) in [4.78, 5) is 11.9. The fourth-order valence-corrected chi connectivity index (χ4v) is 4.83. The van der Waals surface area contributed by atoms with E-state index >= 15 is 0 Å². The van der Waals surface area contributed by atoms with E-state index in [0.29, 0.717) is 24.8 Å². The minimum Gasteiger partial charge on any atom is -0.506 e. The first-order valence-electron chi connectivity index (χ1n) is 12.3. The molecular formula is C25H32FN5O3. The third kappa shape index (κ3) is 4.94. The Hall–Kier alpha value is -2.94. The number of morpholine rings is 1. The second kappa shape index (κ2) is 10.1. The van der Waals surface area contributed by atoms with Crippen LogP contribution in [-0.2, 0) is 11.2 Å². The van der Waals surface area contributed by atoms with Gasteiger partial charge in [0.2, 0.25) is 5.88 Å². The molecule has 2 fully saturated rings. The number of pyridine rings is 2. The summed E-state index contributed by atoms with van der Waals surface area (Å²) in [5.74, 6) is 1.22. The molecule has 1 saturated heterocycles. The first-order valence-corrected chi connectivity index (χ1v) is 12.3. The van der Waals surface area contributed by atoms with Crippen LogP contribution >= 0.6 is 0 Å². The fourth-order valence-electron chi connectivity index (χ4n) is 4.83. The van der Waals surface area contributed by atoms with E-state index < -0.39 is 0 Å². The van der Waals surface area contributed by atoms with Crippen LogP contribution in [0.15, 0.2) is 24.5 Å². The largest absolute Gasteiger partial charge is 0.506 e. The summed E-state index contributed by atoms with van der Waals surface area (Å²) in [6.45, 7) is 4.99. The van der Waals surface area contributed by atoms with Crippen LogP contribution < -0.4 is 9.64 Å². The third-order valence-electron chi connectivity index (χ3n) is 6.79. The Morgan fingerprint density at radius 1 is 1.15 bits per heavy atom. The smallest absolute Gasteiger partial charge is 0.225 e. The van der Waals surface area contributed by atoms with Gasteiger partial charge in [-0.25, -0.2) is 9.37 Å². The lowest BCUT2D eigenvalue weighted by atomic mass is 9.93. The van der Waals surface area contributed by atoms with Gasteiger partial charge < -0.3 is 19.5 Å². The molecule has 5 rings (SSSR count). The number of nitrogens with zero attached hydrogens (tertiary/aromatic N) is 5. The average molecular weight is 470 g/mol. The number of halogens is 1. The molecule has 0 amide bonds. The maximum atomic E-state index is 13.4. The van der Waals surface area contributed by atoms with Gasteiger partial charge in [0.15, 0.2) is 5.82 Å². The van der Waals surface area contributed by atoms with Gasteiger partial charge >= 0.3 is 0 Å². The third-order valence-corrected chi connectivity index (χ3v) is 6.79. The van der Waals surface area contributed by atoms with Crippen molar-refractivity contribution in [2.24, 2.45) is 0 Å². The molecule has 0 bridgehead atoms. The minimum absolute atomic E-state index is 0.00536. The van der Waals surface area contributed by atoms with Gasteiger partial charge in [-0.15, -0.1) is 0 Å². The molecule has 0 atom stereocenters. The number of hydrogen-bond donors (Lipinski definition) is 1. The number of aromatic nitrogens is 4. The van der Waals surface area contributed by atoms with Crippen LogP contribution in [0.3, 0.4) is 0 Å². The van der Waals surface area contributed by atoms with E-state index in [4.69, 9.17) is 19.4 Å². The highest BCUT2D eigenvalue weighted by Crippen LogP contribution is 2.35. The number of aryl methyl sites for hydroxylation is 1. The highest BCUT2D eigenvalue weighted by Gasteiger charge is 2.26. The van der Waals surface area contributed by atoms with E-state index in [-0.39, 0.29) is 23.7 Å². The standard InChI is InChI=1S/C25H32FN5O3/c1-2-3-4-21-23(32)13-20-22(28-21)14-24(30-9-11-33-12-10-30)29-25(20)34-19-7-5-18(6-8-19)31-16-17(26)15-27-31/h13-16,18-19,32H,2-12H2,1H3. The summed E-state index contributed by atoms with van der Waals surface area (Å²) in [6.07, 6.45) is 8.82. The van der Waals surface area contributed by atoms with E-state index in [2.05, 4.69) is 16.9 Å². The molecule has 1 aliphatic heterocycles. The molecule has 0 radical (unpaired) electrons. The van der Waals surface area contributed by atoms with Gasteiger partial charge in [-0.2, -0.15) is 10.1 Å². The predicted octanol–water partition coefficient (Wildman–Crippen LogP) is 4.41. The van der Waals surface area contributed by atoms with Gasteiger partial charge in [-0.05, 0) is 44.6 Å². The monoisotopic (exact) mass is 469 g/mol. The number of anilines is 1.